The van der Waals surface area contributed by atoms with Crippen LogP contribution in [0.2, 0.25) is 0 Å². The van der Waals surface area contributed by atoms with E-state index in [0.717, 1.165) is 50.2 Å². The maximum Gasteiger partial charge on any atom is 0.317 e. The van der Waals surface area contributed by atoms with Crippen molar-refractivity contribution in [3.63, 3.8) is 0 Å². The number of halogens is 1. The predicted molar refractivity (Wildman–Crippen MR) is 99.2 cm³/mol. The van der Waals surface area contributed by atoms with Gasteiger partial charge in [-0.25, -0.2) is 4.79 Å². The summed E-state index contributed by atoms with van der Waals surface area (Å²) in [5.74, 6) is 0. The van der Waals surface area contributed by atoms with Crippen LogP contribution in [0.25, 0.3) is 0 Å². The molecule has 1 aromatic carbocycles. The van der Waals surface area contributed by atoms with Crippen molar-refractivity contribution in [1.82, 2.24) is 15.1 Å². The van der Waals surface area contributed by atoms with Crippen molar-refractivity contribution in [3.8, 4) is 0 Å². The highest BCUT2D eigenvalue weighted by molar-refractivity contribution is 9.10. The zero-order valence-electron chi connectivity index (χ0n) is 14.3. The molecule has 1 N–H and O–H groups in total. The van der Waals surface area contributed by atoms with Gasteiger partial charge in [-0.2, -0.15) is 0 Å². The monoisotopic (exact) mass is 382 g/mol. The van der Waals surface area contributed by atoms with E-state index >= 15 is 0 Å². The molecule has 1 aromatic rings. The number of benzene rings is 1. The molecular formula is C17H27BrN4O. The van der Waals surface area contributed by atoms with Gasteiger partial charge < -0.3 is 20.0 Å². The van der Waals surface area contributed by atoms with Crippen LogP contribution in [-0.2, 0) is 0 Å². The standard InChI is InChI=1S/C17H27BrN4O/c1-14-13-15(5-6-16(14)18)21-9-11-22(12-10-21)17(23)19-7-4-8-20(2)3/h5-6,13H,4,7-12H2,1-3H3,(H,19,23). The Balaban J connectivity index is 1.76. The van der Waals surface area contributed by atoms with Crippen molar-refractivity contribution in [1.29, 1.82) is 0 Å². The third kappa shape index (κ3) is 5.39. The second-order valence-corrected chi connectivity index (χ2v) is 7.15. The highest BCUT2D eigenvalue weighted by atomic mass is 79.9. The first-order chi connectivity index (χ1) is 11.0. The molecule has 1 aliphatic rings. The SMILES string of the molecule is Cc1cc(N2CCN(C(=O)NCCCN(C)C)CC2)ccc1Br. The molecule has 0 unspecified atom stereocenters. The Labute approximate surface area is 147 Å². The van der Waals surface area contributed by atoms with Gasteiger partial charge >= 0.3 is 6.03 Å². The average Bonchev–Trinajstić information content (AvgIpc) is 2.54. The van der Waals surface area contributed by atoms with Crippen molar-refractivity contribution < 1.29 is 4.79 Å². The summed E-state index contributed by atoms with van der Waals surface area (Å²) in [5.41, 5.74) is 2.47. The van der Waals surface area contributed by atoms with E-state index in [1.807, 2.05) is 19.0 Å². The minimum atomic E-state index is 0.0652. The van der Waals surface area contributed by atoms with Gasteiger partial charge in [-0.1, -0.05) is 15.9 Å². The number of hydrogen-bond donors (Lipinski definition) is 1. The summed E-state index contributed by atoms with van der Waals surface area (Å²) in [6.45, 7) is 7.15. The van der Waals surface area contributed by atoms with Gasteiger partial charge in [0.05, 0.1) is 0 Å². The summed E-state index contributed by atoms with van der Waals surface area (Å²) >= 11 is 3.54. The summed E-state index contributed by atoms with van der Waals surface area (Å²) in [6.07, 6.45) is 0.983. The molecule has 0 radical (unpaired) electrons. The van der Waals surface area contributed by atoms with Gasteiger partial charge in [-0.05, 0) is 57.7 Å². The van der Waals surface area contributed by atoms with Crippen LogP contribution < -0.4 is 10.2 Å². The Morgan fingerprint density at radius 3 is 2.57 bits per heavy atom. The minimum Gasteiger partial charge on any atom is -0.368 e. The van der Waals surface area contributed by atoms with Crippen LogP contribution in [0.5, 0.6) is 0 Å². The van der Waals surface area contributed by atoms with Gasteiger partial charge in [-0.15, -0.1) is 0 Å². The van der Waals surface area contributed by atoms with Gasteiger partial charge in [0.15, 0.2) is 0 Å². The topological polar surface area (TPSA) is 38.8 Å². The number of nitrogens with zero attached hydrogens (tertiary/aromatic N) is 3. The van der Waals surface area contributed by atoms with Crippen LogP contribution in [0.4, 0.5) is 10.5 Å². The largest absolute Gasteiger partial charge is 0.368 e. The Bertz CT molecular complexity index is 527. The van der Waals surface area contributed by atoms with E-state index in [1.165, 1.54) is 11.3 Å². The number of carbonyl (C=O) groups excluding carboxylic acids is 1. The Morgan fingerprint density at radius 1 is 1.26 bits per heavy atom. The zero-order chi connectivity index (χ0) is 16.8. The van der Waals surface area contributed by atoms with E-state index in [1.54, 1.807) is 0 Å². The molecule has 1 saturated heterocycles. The van der Waals surface area contributed by atoms with Crippen LogP contribution >= 0.6 is 15.9 Å². The predicted octanol–water partition coefficient (Wildman–Crippen LogP) is 2.54. The fourth-order valence-electron chi connectivity index (χ4n) is 2.70. The van der Waals surface area contributed by atoms with Gasteiger partial charge in [0, 0.05) is 42.9 Å². The first-order valence-electron chi connectivity index (χ1n) is 8.16. The summed E-state index contributed by atoms with van der Waals surface area (Å²) in [6, 6.07) is 6.49. The van der Waals surface area contributed by atoms with E-state index in [0.29, 0.717) is 0 Å². The number of aryl methyl sites for hydroxylation is 1. The molecule has 5 nitrogen and oxygen atoms in total. The third-order valence-corrected chi connectivity index (χ3v) is 5.02. The minimum absolute atomic E-state index is 0.0652. The average molecular weight is 383 g/mol. The first kappa shape index (κ1) is 18.1. The molecule has 2 rings (SSSR count). The number of carbonyl (C=O) groups is 1. The number of rotatable bonds is 5. The lowest BCUT2D eigenvalue weighted by Crippen LogP contribution is -2.52. The third-order valence-electron chi connectivity index (χ3n) is 4.13. The maximum absolute atomic E-state index is 12.2. The van der Waals surface area contributed by atoms with Crippen molar-refractivity contribution in [3.05, 3.63) is 28.2 Å². The number of urea groups is 1. The number of piperazine rings is 1. The summed E-state index contributed by atoms with van der Waals surface area (Å²) in [4.78, 5) is 18.5. The van der Waals surface area contributed by atoms with Crippen molar-refractivity contribution in [2.75, 3.05) is 58.3 Å². The molecule has 0 bridgehead atoms. The summed E-state index contributed by atoms with van der Waals surface area (Å²) < 4.78 is 1.14. The molecule has 23 heavy (non-hydrogen) atoms. The smallest absolute Gasteiger partial charge is 0.317 e. The molecule has 0 aliphatic carbocycles. The van der Waals surface area contributed by atoms with Crippen LogP contribution in [0.15, 0.2) is 22.7 Å². The van der Waals surface area contributed by atoms with Gasteiger partial charge in [0.2, 0.25) is 0 Å². The number of anilines is 1. The zero-order valence-corrected chi connectivity index (χ0v) is 15.9. The van der Waals surface area contributed by atoms with Crippen LogP contribution in [0.1, 0.15) is 12.0 Å². The van der Waals surface area contributed by atoms with Crippen molar-refractivity contribution in [2.24, 2.45) is 0 Å². The molecule has 2 amide bonds. The highest BCUT2D eigenvalue weighted by Gasteiger charge is 2.21. The second-order valence-electron chi connectivity index (χ2n) is 6.30. The van der Waals surface area contributed by atoms with E-state index < -0.39 is 0 Å². The molecule has 6 heteroatoms. The van der Waals surface area contributed by atoms with Crippen molar-refractivity contribution in [2.45, 2.75) is 13.3 Å². The first-order valence-corrected chi connectivity index (χ1v) is 8.95. The van der Waals surface area contributed by atoms with Crippen LogP contribution in [-0.4, -0.2) is 69.2 Å². The van der Waals surface area contributed by atoms with Crippen LogP contribution in [0.3, 0.4) is 0 Å². The van der Waals surface area contributed by atoms with E-state index in [-0.39, 0.29) is 6.03 Å². The van der Waals surface area contributed by atoms with Gasteiger partial charge in [-0.3, -0.25) is 0 Å². The molecule has 0 atom stereocenters. The van der Waals surface area contributed by atoms with Crippen molar-refractivity contribution >= 4 is 27.6 Å². The van der Waals surface area contributed by atoms with E-state index in [2.05, 4.69) is 56.2 Å². The van der Waals surface area contributed by atoms with E-state index in [9.17, 15) is 4.79 Å². The Morgan fingerprint density at radius 2 is 1.96 bits per heavy atom. The van der Waals surface area contributed by atoms with Gasteiger partial charge in [0.25, 0.3) is 0 Å². The summed E-state index contributed by atoms with van der Waals surface area (Å²) in [5, 5.41) is 3.01. The molecule has 1 fully saturated rings. The lowest BCUT2D eigenvalue weighted by Gasteiger charge is -2.36. The lowest BCUT2D eigenvalue weighted by molar-refractivity contribution is 0.194. The van der Waals surface area contributed by atoms with Crippen LogP contribution in [0, 0.1) is 6.92 Å². The summed E-state index contributed by atoms with van der Waals surface area (Å²) in [7, 11) is 4.09. The normalized spacial score (nSPS) is 15.2. The molecule has 0 aromatic heterocycles. The molecule has 0 spiro atoms. The quantitative estimate of drug-likeness (QED) is 0.795. The van der Waals surface area contributed by atoms with Gasteiger partial charge in [0.1, 0.15) is 0 Å². The molecular weight excluding hydrogens is 356 g/mol. The lowest BCUT2D eigenvalue weighted by atomic mass is 10.2. The Hall–Kier alpha value is -1.27. The fraction of sp³-hybridized carbons (Fsp3) is 0.588. The number of amides is 2. The molecule has 1 heterocycles. The second kappa shape index (κ2) is 8.55. The highest BCUT2D eigenvalue weighted by Crippen LogP contribution is 2.23. The molecule has 0 saturated carbocycles. The molecule has 128 valence electrons. The Kier molecular flexibility index (Phi) is 6.72. The molecule has 1 aliphatic heterocycles. The fourth-order valence-corrected chi connectivity index (χ4v) is 2.94. The number of nitrogens with one attached hydrogen (secondary N) is 1. The van der Waals surface area contributed by atoms with E-state index in [4.69, 9.17) is 0 Å². The number of hydrogen-bond acceptors (Lipinski definition) is 3. The maximum atomic E-state index is 12.2.